The van der Waals surface area contributed by atoms with Crippen molar-refractivity contribution in [3.63, 3.8) is 0 Å². The van der Waals surface area contributed by atoms with Gasteiger partial charge in [-0.3, -0.25) is 0 Å². The Morgan fingerprint density at radius 3 is 2.58 bits per heavy atom. The Morgan fingerprint density at radius 2 is 2.00 bits per heavy atom. The fraction of sp³-hybridized carbons (Fsp3) is 0.0714. The molecule has 0 amide bonds. The standard InChI is InChI=1S/C14H12BrFN2S/c1-8-2-5-13(12(16)6-8)18-9-3-4-10(14(17)19)11(15)7-9/h2-7,18H,1H3,(H2,17,19). The predicted molar refractivity (Wildman–Crippen MR) is 84.4 cm³/mol. The highest BCUT2D eigenvalue weighted by Crippen LogP contribution is 2.25. The molecule has 0 aliphatic carbocycles. The first kappa shape index (κ1) is 14.0. The van der Waals surface area contributed by atoms with Crippen LogP contribution in [0, 0.1) is 12.7 Å². The number of anilines is 2. The van der Waals surface area contributed by atoms with Gasteiger partial charge < -0.3 is 11.1 Å². The molecule has 0 aliphatic heterocycles. The second-order valence-electron chi connectivity index (χ2n) is 4.17. The van der Waals surface area contributed by atoms with E-state index in [0.29, 0.717) is 10.7 Å². The second kappa shape index (κ2) is 5.67. The number of rotatable bonds is 3. The first-order valence-corrected chi connectivity index (χ1v) is 6.80. The molecule has 0 fully saturated rings. The van der Waals surface area contributed by atoms with Crippen LogP contribution in [0.5, 0.6) is 0 Å². The van der Waals surface area contributed by atoms with Crippen molar-refractivity contribution in [2.45, 2.75) is 6.92 Å². The second-order valence-corrected chi connectivity index (χ2v) is 5.46. The van der Waals surface area contributed by atoms with Crippen molar-refractivity contribution in [1.29, 1.82) is 0 Å². The zero-order chi connectivity index (χ0) is 14.0. The summed E-state index contributed by atoms with van der Waals surface area (Å²) in [6.07, 6.45) is 0. The van der Waals surface area contributed by atoms with Gasteiger partial charge in [-0.2, -0.15) is 0 Å². The summed E-state index contributed by atoms with van der Waals surface area (Å²) in [5.74, 6) is -0.283. The molecule has 0 aliphatic rings. The Morgan fingerprint density at radius 1 is 1.26 bits per heavy atom. The summed E-state index contributed by atoms with van der Waals surface area (Å²) in [6.45, 7) is 1.85. The number of hydrogen-bond acceptors (Lipinski definition) is 2. The van der Waals surface area contributed by atoms with E-state index in [4.69, 9.17) is 18.0 Å². The van der Waals surface area contributed by atoms with Gasteiger partial charge >= 0.3 is 0 Å². The van der Waals surface area contributed by atoms with E-state index in [1.807, 2.05) is 19.1 Å². The topological polar surface area (TPSA) is 38.0 Å². The Labute approximate surface area is 124 Å². The van der Waals surface area contributed by atoms with Gasteiger partial charge in [0, 0.05) is 15.7 Å². The first-order chi connectivity index (χ1) is 8.97. The van der Waals surface area contributed by atoms with Crippen molar-refractivity contribution in [2.75, 3.05) is 5.32 Å². The quantitative estimate of drug-likeness (QED) is 0.820. The van der Waals surface area contributed by atoms with E-state index >= 15 is 0 Å². The third-order valence-electron chi connectivity index (χ3n) is 2.64. The monoisotopic (exact) mass is 338 g/mol. The highest BCUT2D eigenvalue weighted by Gasteiger charge is 2.06. The number of aryl methyl sites for hydroxylation is 1. The minimum atomic E-state index is -0.283. The predicted octanol–water partition coefficient (Wildman–Crippen LogP) is 4.27. The van der Waals surface area contributed by atoms with E-state index in [1.54, 1.807) is 18.2 Å². The molecule has 2 aromatic rings. The molecule has 5 heteroatoms. The Kier molecular flexibility index (Phi) is 4.17. The van der Waals surface area contributed by atoms with Crippen LogP contribution in [-0.2, 0) is 0 Å². The first-order valence-electron chi connectivity index (χ1n) is 5.60. The zero-order valence-corrected chi connectivity index (χ0v) is 12.6. The van der Waals surface area contributed by atoms with Gasteiger partial charge in [-0.1, -0.05) is 18.3 Å². The molecule has 0 saturated heterocycles. The van der Waals surface area contributed by atoms with Crippen LogP contribution in [0.4, 0.5) is 15.8 Å². The van der Waals surface area contributed by atoms with Crippen LogP contribution in [0.25, 0.3) is 0 Å². The zero-order valence-electron chi connectivity index (χ0n) is 10.2. The summed E-state index contributed by atoms with van der Waals surface area (Å²) < 4.78 is 14.5. The van der Waals surface area contributed by atoms with E-state index in [2.05, 4.69) is 21.2 Å². The number of nitrogens with two attached hydrogens (primary N) is 1. The maximum atomic E-state index is 13.7. The molecule has 98 valence electrons. The van der Waals surface area contributed by atoms with Crippen LogP contribution in [0.3, 0.4) is 0 Å². The lowest BCUT2D eigenvalue weighted by atomic mass is 10.2. The van der Waals surface area contributed by atoms with Gasteiger partial charge in [0.15, 0.2) is 0 Å². The fourth-order valence-electron chi connectivity index (χ4n) is 1.67. The molecule has 0 bridgehead atoms. The number of nitrogens with one attached hydrogen (secondary N) is 1. The Hall–Kier alpha value is -1.46. The molecule has 2 nitrogen and oxygen atoms in total. The summed E-state index contributed by atoms with van der Waals surface area (Å²) in [5, 5.41) is 3.02. The van der Waals surface area contributed by atoms with Gasteiger partial charge in [-0.05, 0) is 58.7 Å². The van der Waals surface area contributed by atoms with E-state index < -0.39 is 0 Å². The molecular weight excluding hydrogens is 327 g/mol. The molecule has 2 aromatic carbocycles. The van der Waals surface area contributed by atoms with Crippen molar-refractivity contribution in [3.05, 3.63) is 57.8 Å². The lowest BCUT2D eigenvalue weighted by molar-refractivity contribution is 0.631. The molecule has 0 spiro atoms. The summed E-state index contributed by atoms with van der Waals surface area (Å²) in [7, 11) is 0. The van der Waals surface area contributed by atoms with Crippen molar-refractivity contribution < 1.29 is 4.39 Å². The molecule has 0 unspecified atom stereocenters. The third-order valence-corrected chi connectivity index (χ3v) is 3.51. The number of thiocarbonyl (C=S) groups is 1. The fourth-order valence-corrected chi connectivity index (χ4v) is 2.57. The van der Waals surface area contributed by atoms with Gasteiger partial charge in [-0.15, -0.1) is 0 Å². The average molecular weight is 339 g/mol. The molecule has 0 saturated carbocycles. The molecule has 0 heterocycles. The van der Waals surface area contributed by atoms with Crippen LogP contribution in [0.1, 0.15) is 11.1 Å². The van der Waals surface area contributed by atoms with Gasteiger partial charge in [0.1, 0.15) is 10.8 Å². The SMILES string of the molecule is Cc1ccc(Nc2ccc(C(N)=S)c(Br)c2)c(F)c1. The third kappa shape index (κ3) is 3.30. The molecular formula is C14H12BrFN2S. The van der Waals surface area contributed by atoms with Crippen LogP contribution in [0.15, 0.2) is 40.9 Å². The molecule has 0 radical (unpaired) electrons. The van der Waals surface area contributed by atoms with Gasteiger partial charge in [0.2, 0.25) is 0 Å². The van der Waals surface area contributed by atoms with Crippen LogP contribution in [-0.4, -0.2) is 4.99 Å². The number of halogens is 2. The average Bonchev–Trinajstić information content (AvgIpc) is 2.32. The van der Waals surface area contributed by atoms with Crippen molar-refractivity contribution in [3.8, 4) is 0 Å². The van der Waals surface area contributed by atoms with Crippen LogP contribution >= 0.6 is 28.1 Å². The van der Waals surface area contributed by atoms with E-state index in [1.165, 1.54) is 6.07 Å². The van der Waals surface area contributed by atoms with Crippen LogP contribution in [0.2, 0.25) is 0 Å². The van der Waals surface area contributed by atoms with Gasteiger partial charge in [-0.25, -0.2) is 4.39 Å². The van der Waals surface area contributed by atoms with E-state index in [0.717, 1.165) is 21.3 Å². The largest absolute Gasteiger partial charge is 0.389 e. The van der Waals surface area contributed by atoms with Gasteiger partial charge in [0.25, 0.3) is 0 Å². The molecule has 0 atom stereocenters. The maximum absolute atomic E-state index is 13.7. The maximum Gasteiger partial charge on any atom is 0.146 e. The normalized spacial score (nSPS) is 10.3. The van der Waals surface area contributed by atoms with Crippen molar-refractivity contribution in [1.82, 2.24) is 0 Å². The molecule has 19 heavy (non-hydrogen) atoms. The summed E-state index contributed by atoms with van der Waals surface area (Å²) in [4.78, 5) is 0.319. The molecule has 0 aromatic heterocycles. The minimum absolute atomic E-state index is 0.283. The summed E-state index contributed by atoms with van der Waals surface area (Å²) in [6, 6.07) is 10.5. The molecule has 3 N–H and O–H groups in total. The molecule has 2 rings (SSSR count). The summed E-state index contributed by atoms with van der Waals surface area (Å²) in [5.41, 5.74) is 8.41. The highest BCUT2D eigenvalue weighted by molar-refractivity contribution is 9.10. The number of benzene rings is 2. The highest BCUT2D eigenvalue weighted by atomic mass is 79.9. The lowest BCUT2D eigenvalue weighted by Crippen LogP contribution is -2.10. The van der Waals surface area contributed by atoms with Crippen LogP contribution < -0.4 is 11.1 Å². The van der Waals surface area contributed by atoms with Crippen molar-refractivity contribution >= 4 is 44.5 Å². The van der Waals surface area contributed by atoms with E-state index in [9.17, 15) is 4.39 Å². The lowest BCUT2D eigenvalue weighted by Gasteiger charge is -2.10. The Bertz CT molecular complexity index is 643. The van der Waals surface area contributed by atoms with Gasteiger partial charge in [0.05, 0.1) is 5.69 Å². The number of hydrogen-bond donors (Lipinski definition) is 2. The Balaban J connectivity index is 2.29. The van der Waals surface area contributed by atoms with Crippen molar-refractivity contribution in [2.24, 2.45) is 5.73 Å². The smallest absolute Gasteiger partial charge is 0.146 e. The van der Waals surface area contributed by atoms with E-state index in [-0.39, 0.29) is 5.82 Å². The minimum Gasteiger partial charge on any atom is -0.389 e. The summed E-state index contributed by atoms with van der Waals surface area (Å²) >= 11 is 8.31.